The van der Waals surface area contributed by atoms with E-state index in [1.807, 2.05) is 0 Å². The minimum absolute atomic E-state index is 0.0602. The van der Waals surface area contributed by atoms with Crippen LogP contribution in [-0.2, 0) is 42.2 Å². The molecular formula is C37H42N4O13S4. The van der Waals surface area contributed by atoms with Crippen molar-refractivity contribution in [3.05, 3.63) is 57.9 Å². The Morgan fingerprint density at radius 2 is 0.966 bits per heavy atom. The third kappa shape index (κ3) is 9.01. The van der Waals surface area contributed by atoms with E-state index in [-0.39, 0.29) is 69.4 Å². The highest BCUT2D eigenvalue weighted by Crippen LogP contribution is 2.43. The summed E-state index contributed by atoms with van der Waals surface area (Å²) in [5.74, 6) is -2.79. The molecule has 0 atom stereocenters. The standard InChI is InChI=1S/C37H42N4O13S4/c1-11-40-32(53-36(45)55-13-3)25(17-38-40)23-15-21(19(5)27(34(43)51-7)30(23)57(9,47)48)29(42)22-16-24(31(58(10,49)50)28(20(22)6)35(44)52-8)26-18-39-41(12-2)33(26)54-37(46)56-14-4/h15-18H,11-14H2,1-10H3. The summed E-state index contributed by atoms with van der Waals surface area (Å²) in [5, 5.41) is 7.06. The molecule has 0 N–H and O–H groups in total. The van der Waals surface area contributed by atoms with Crippen molar-refractivity contribution < 1.29 is 59.8 Å². The molecule has 0 amide bonds. The number of aromatic nitrogens is 4. The number of benzene rings is 2. The third-order valence-electron chi connectivity index (χ3n) is 8.73. The van der Waals surface area contributed by atoms with Crippen molar-refractivity contribution in [1.29, 1.82) is 0 Å². The lowest BCUT2D eigenvalue weighted by Gasteiger charge is -2.21. The van der Waals surface area contributed by atoms with Crippen LogP contribution >= 0.6 is 23.5 Å². The van der Waals surface area contributed by atoms with E-state index in [1.165, 1.54) is 47.7 Å². The van der Waals surface area contributed by atoms with Gasteiger partial charge >= 0.3 is 22.5 Å². The first-order valence-electron chi connectivity index (χ1n) is 17.5. The minimum Gasteiger partial charge on any atom is -0.465 e. The first kappa shape index (κ1) is 45.7. The Balaban J connectivity index is 2.23. The molecular weight excluding hydrogens is 837 g/mol. The van der Waals surface area contributed by atoms with Crippen molar-refractivity contribution in [3.63, 3.8) is 0 Å². The molecule has 0 radical (unpaired) electrons. The Hall–Kier alpha value is -4.99. The van der Waals surface area contributed by atoms with Crippen molar-refractivity contribution in [2.24, 2.45) is 0 Å². The number of ether oxygens (including phenoxy) is 4. The van der Waals surface area contributed by atoms with Gasteiger partial charge in [-0.05, 0) is 74.5 Å². The monoisotopic (exact) mass is 878 g/mol. The lowest BCUT2D eigenvalue weighted by atomic mass is 9.87. The van der Waals surface area contributed by atoms with Crippen molar-refractivity contribution >= 4 is 71.5 Å². The Labute approximate surface area is 344 Å². The van der Waals surface area contributed by atoms with Crippen molar-refractivity contribution in [2.45, 2.75) is 64.4 Å². The SMILES string of the molecule is CCSC(=O)Oc1c(-c2cc(C(=O)c3cc(-c4cnn(CC)c4OC(=O)SCC)c(S(C)(=O)=O)c(C(=O)OC)c3C)c(C)c(C(=O)OC)c2S(C)(=O)=O)cnn1CC. The van der Waals surface area contributed by atoms with Gasteiger partial charge in [-0.15, -0.1) is 0 Å². The Morgan fingerprint density at radius 1 is 0.621 bits per heavy atom. The molecule has 4 rings (SSSR count). The van der Waals surface area contributed by atoms with Crippen LogP contribution in [0.5, 0.6) is 11.8 Å². The fourth-order valence-corrected chi connectivity index (χ4v) is 9.33. The number of rotatable bonds is 14. The van der Waals surface area contributed by atoms with Gasteiger partial charge in [0.25, 0.3) is 0 Å². The first-order chi connectivity index (χ1) is 27.2. The van der Waals surface area contributed by atoms with E-state index in [0.717, 1.165) is 50.3 Å². The lowest BCUT2D eigenvalue weighted by molar-refractivity contribution is 0.0587. The summed E-state index contributed by atoms with van der Waals surface area (Å²) >= 11 is 1.67. The molecule has 58 heavy (non-hydrogen) atoms. The molecule has 0 unspecified atom stereocenters. The predicted octanol–water partition coefficient (Wildman–Crippen LogP) is 6.19. The summed E-state index contributed by atoms with van der Waals surface area (Å²) in [5.41, 5.74) is -2.49. The molecule has 312 valence electrons. The van der Waals surface area contributed by atoms with E-state index in [9.17, 15) is 36.0 Å². The van der Waals surface area contributed by atoms with Crippen LogP contribution in [0.25, 0.3) is 22.3 Å². The number of aryl methyl sites for hydroxylation is 2. The summed E-state index contributed by atoms with van der Waals surface area (Å²) in [6.07, 6.45) is 4.15. The van der Waals surface area contributed by atoms with Crippen molar-refractivity contribution in [3.8, 4) is 34.0 Å². The van der Waals surface area contributed by atoms with Crippen molar-refractivity contribution in [2.75, 3.05) is 38.2 Å². The predicted molar refractivity (Wildman–Crippen MR) is 217 cm³/mol. The van der Waals surface area contributed by atoms with E-state index in [0.29, 0.717) is 11.5 Å². The Morgan fingerprint density at radius 3 is 1.24 bits per heavy atom. The van der Waals surface area contributed by atoms with Gasteiger partial charge in [0.2, 0.25) is 11.8 Å². The fraction of sp³-hybridized carbons (Fsp3) is 0.378. The maximum Gasteiger partial charge on any atom is 0.374 e. The van der Waals surface area contributed by atoms with E-state index in [4.69, 9.17) is 18.9 Å². The van der Waals surface area contributed by atoms with E-state index in [2.05, 4.69) is 10.2 Å². The zero-order chi connectivity index (χ0) is 43.4. The lowest BCUT2D eigenvalue weighted by Crippen LogP contribution is -2.20. The number of ketones is 1. The summed E-state index contributed by atoms with van der Waals surface area (Å²) in [6, 6.07) is 2.38. The second-order valence-electron chi connectivity index (χ2n) is 12.4. The average molecular weight is 879 g/mol. The maximum atomic E-state index is 15.1. The van der Waals surface area contributed by atoms with Gasteiger partial charge in [-0.25, -0.2) is 45.4 Å². The molecule has 0 bridgehead atoms. The number of esters is 2. The molecule has 21 heteroatoms. The fourth-order valence-electron chi connectivity index (χ4n) is 6.23. The normalized spacial score (nSPS) is 11.6. The van der Waals surface area contributed by atoms with Crippen LogP contribution in [0.15, 0.2) is 34.3 Å². The number of methoxy groups -OCH3 is 2. The number of carbonyl (C=O) groups excluding carboxylic acids is 5. The molecule has 4 aromatic rings. The number of carbonyl (C=O) groups is 5. The average Bonchev–Trinajstić information content (AvgIpc) is 3.75. The molecule has 0 fully saturated rings. The molecule has 0 aliphatic rings. The summed E-state index contributed by atoms with van der Waals surface area (Å²) in [7, 11) is -6.63. The largest absolute Gasteiger partial charge is 0.465 e. The van der Waals surface area contributed by atoms with Crippen LogP contribution in [0.1, 0.15) is 75.5 Å². The molecule has 2 heterocycles. The van der Waals surface area contributed by atoms with Gasteiger partial charge in [-0.3, -0.25) is 4.79 Å². The van der Waals surface area contributed by atoms with E-state index in [1.54, 1.807) is 27.7 Å². The van der Waals surface area contributed by atoms with Gasteiger partial charge < -0.3 is 18.9 Å². The molecule has 0 saturated heterocycles. The van der Waals surface area contributed by atoms with Gasteiger partial charge in [0.05, 0.1) is 58.7 Å². The van der Waals surface area contributed by atoms with Gasteiger partial charge in [0.1, 0.15) is 0 Å². The molecule has 0 saturated carbocycles. The summed E-state index contributed by atoms with van der Waals surface area (Å²) in [6.45, 7) is 9.82. The highest BCUT2D eigenvalue weighted by molar-refractivity contribution is 8.13. The van der Waals surface area contributed by atoms with Crippen LogP contribution in [0.3, 0.4) is 0 Å². The van der Waals surface area contributed by atoms with E-state index >= 15 is 4.79 Å². The van der Waals surface area contributed by atoms with Crippen LogP contribution < -0.4 is 9.47 Å². The van der Waals surface area contributed by atoms with E-state index < -0.39 is 68.9 Å². The summed E-state index contributed by atoms with van der Waals surface area (Å²) in [4.78, 5) is 66.6. The molecule has 17 nitrogen and oxygen atoms in total. The second kappa shape index (κ2) is 18.3. The first-order valence-corrected chi connectivity index (χ1v) is 23.2. The van der Waals surface area contributed by atoms with Gasteiger partial charge in [0, 0.05) is 59.4 Å². The molecule has 2 aromatic heterocycles. The highest BCUT2D eigenvalue weighted by Gasteiger charge is 2.36. The van der Waals surface area contributed by atoms with Gasteiger partial charge in [0.15, 0.2) is 25.5 Å². The van der Waals surface area contributed by atoms with Crippen LogP contribution in [0.2, 0.25) is 0 Å². The van der Waals surface area contributed by atoms with Crippen molar-refractivity contribution in [1.82, 2.24) is 19.6 Å². The van der Waals surface area contributed by atoms with Gasteiger partial charge in [-0.1, -0.05) is 13.8 Å². The number of sulfone groups is 2. The number of nitrogens with zero attached hydrogens (tertiary/aromatic N) is 4. The van der Waals surface area contributed by atoms with Crippen LogP contribution in [0, 0.1) is 13.8 Å². The Bertz CT molecular complexity index is 2380. The quantitative estimate of drug-likeness (QED) is 0.102. The Kier molecular flexibility index (Phi) is 14.4. The highest BCUT2D eigenvalue weighted by atomic mass is 32.2. The van der Waals surface area contributed by atoms with Crippen LogP contribution in [0.4, 0.5) is 9.59 Å². The minimum atomic E-state index is -4.34. The van der Waals surface area contributed by atoms with Gasteiger partial charge in [-0.2, -0.15) is 10.2 Å². The third-order valence-corrected chi connectivity index (χ3v) is 12.3. The molecule has 0 aliphatic carbocycles. The molecule has 2 aromatic carbocycles. The smallest absolute Gasteiger partial charge is 0.374 e. The molecule has 0 spiro atoms. The second-order valence-corrected chi connectivity index (χ2v) is 18.7. The molecule has 0 aliphatic heterocycles. The zero-order valence-corrected chi connectivity index (χ0v) is 36.6. The van der Waals surface area contributed by atoms with Crippen LogP contribution in [-0.4, -0.2) is 103 Å². The zero-order valence-electron chi connectivity index (χ0n) is 33.4. The summed E-state index contributed by atoms with van der Waals surface area (Å²) < 4.78 is 78.4. The number of thioether (sulfide) groups is 2. The topological polar surface area (TPSA) is 226 Å². The number of hydrogen-bond donors (Lipinski definition) is 0. The maximum absolute atomic E-state index is 15.1. The number of hydrogen-bond acceptors (Lipinski definition) is 17.